The van der Waals surface area contributed by atoms with E-state index in [1.54, 1.807) is 0 Å². The highest BCUT2D eigenvalue weighted by Gasteiger charge is 2.24. The Kier molecular flexibility index (Phi) is 6.22. The number of carbonyl (C=O) groups is 1. The maximum Gasteiger partial charge on any atom is 0.251 e. The van der Waals surface area contributed by atoms with Gasteiger partial charge in [-0.1, -0.05) is 60.7 Å². The van der Waals surface area contributed by atoms with Gasteiger partial charge in [-0.25, -0.2) is 0 Å². The molecule has 0 bridgehead atoms. The summed E-state index contributed by atoms with van der Waals surface area (Å²) in [4.78, 5) is 15.0. The zero-order valence-corrected chi connectivity index (χ0v) is 16.5. The van der Waals surface area contributed by atoms with Gasteiger partial charge in [0.05, 0.1) is 0 Å². The van der Waals surface area contributed by atoms with Crippen molar-refractivity contribution >= 4 is 5.91 Å². The number of likely N-dealkylation sites (tertiary alicyclic amines) is 1. The van der Waals surface area contributed by atoms with Crippen LogP contribution >= 0.6 is 0 Å². The minimum absolute atomic E-state index is 0.00733. The third kappa shape index (κ3) is 5.46. The van der Waals surface area contributed by atoms with Crippen LogP contribution in [-0.4, -0.2) is 29.9 Å². The molecule has 1 N–H and O–H groups in total. The topological polar surface area (TPSA) is 41.6 Å². The molecule has 0 unspecified atom stereocenters. The summed E-state index contributed by atoms with van der Waals surface area (Å²) < 4.78 is 5.75. The van der Waals surface area contributed by atoms with Crippen LogP contribution in [0.2, 0.25) is 0 Å². The van der Waals surface area contributed by atoms with E-state index in [9.17, 15) is 4.79 Å². The van der Waals surface area contributed by atoms with Gasteiger partial charge < -0.3 is 10.1 Å². The molecule has 1 fully saturated rings. The van der Waals surface area contributed by atoms with Gasteiger partial charge >= 0.3 is 0 Å². The summed E-state index contributed by atoms with van der Waals surface area (Å²) >= 11 is 0. The molecular weight excluding hydrogens is 360 g/mol. The predicted octanol–water partition coefficient (Wildman–Crippen LogP) is 4.27. The molecule has 1 amide bonds. The largest absolute Gasteiger partial charge is 0.489 e. The number of nitrogens with one attached hydrogen (secondary N) is 1. The van der Waals surface area contributed by atoms with E-state index < -0.39 is 0 Å². The highest BCUT2D eigenvalue weighted by molar-refractivity contribution is 5.94. The lowest BCUT2D eigenvalue weighted by Crippen LogP contribution is -2.37. The van der Waals surface area contributed by atoms with Crippen LogP contribution in [0.25, 0.3) is 0 Å². The number of hydrogen-bond acceptors (Lipinski definition) is 3. The molecule has 0 spiro atoms. The first kappa shape index (κ1) is 19.2. The molecule has 0 saturated carbocycles. The molecule has 0 radical (unpaired) electrons. The first-order valence-corrected chi connectivity index (χ1v) is 10.1. The molecule has 4 heteroatoms. The van der Waals surface area contributed by atoms with Gasteiger partial charge in [-0.2, -0.15) is 0 Å². The van der Waals surface area contributed by atoms with E-state index in [1.165, 1.54) is 5.56 Å². The number of amides is 1. The van der Waals surface area contributed by atoms with Crippen molar-refractivity contribution in [2.45, 2.75) is 25.6 Å². The summed E-state index contributed by atoms with van der Waals surface area (Å²) in [7, 11) is 0. The molecule has 3 aromatic carbocycles. The summed E-state index contributed by atoms with van der Waals surface area (Å²) in [6.45, 7) is 3.32. The van der Waals surface area contributed by atoms with Crippen molar-refractivity contribution in [2.75, 3.05) is 13.1 Å². The zero-order chi connectivity index (χ0) is 19.9. The number of hydrogen-bond donors (Lipinski definition) is 1. The first-order valence-electron chi connectivity index (χ1n) is 10.1. The second kappa shape index (κ2) is 9.39. The summed E-state index contributed by atoms with van der Waals surface area (Å²) in [5.41, 5.74) is 3.04. The molecule has 29 heavy (non-hydrogen) atoms. The lowest BCUT2D eigenvalue weighted by atomic mass is 10.1. The van der Waals surface area contributed by atoms with Crippen molar-refractivity contribution in [2.24, 2.45) is 0 Å². The number of benzene rings is 3. The Hall–Kier alpha value is -3.11. The third-order valence-corrected chi connectivity index (χ3v) is 5.22. The number of nitrogens with zero attached hydrogens (tertiary/aromatic N) is 1. The Bertz CT molecular complexity index is 911. The van der Waals surface area contributed by atoms with Gasteiger partial charge in [0.15, 0.2) is 0 Å². The smallest absolute Gasteiger partial charge is 0.251 e. The zero-order valence-electron chi connectivity index (χ0n) is 16.5. The average molecular weight is 386 g/mol. The van der Waals surface area contributed by atoms with Crippen LogP contribution in [0.1, 0.15) is 27.9 Å². The number of para-hydroxylation sites is 1. The van der Waals surface area contributed by atoms with Gasteiger partial charge in [0.25, 0.3) is 5.91 Å². The van der Waals surface area contributed by atoms with E-state index in [0.29, 0.717) is 12.2 Å². The van der Waals surface area contributed by atoms with Crippen LogP contribution < -0.4 is 10.1 Å². The molecule has 1 aliphatic rings. The van der Waals surface area contributed by atoms with E-state index in [2.05, 4.69) is 34.5 Å². The Balaban J connectivity index is 1.25. The molecule has 1 atom stereocenters. The fourth-order valence-electron chi connectivity index (χ4n) is 3.64. The first-order chi connectivity index (χ1) is 14.3. The van der Waals surface area contributed by atoms with E-state index >= 15 is 0 Å². The Morgan fingerprint density at radius 3 is 2.31 bits per heavy atom. The van der Waals surface area contributed by atoms with Crippen molar-refractivity contribution in [3.8, 4) is 5.75 Å². The van der Waals surface area contributed by atoms with Crippen LogP contribution in [0, 0.1) is 0 Å². The lowest BCUT2D eigenvalue weighted by Gasteiger charge is -2.17. The van der Waals surface area contributed by atoms with E-state index in [1.807, 2.05) is 60.7 Å². The summed E-state index contributed by atoms with van der Waals surface area (Å²) in [6, 6.07) is 28.1. The highest BCUT2D eigenvalue weighted by Crippen LogP contribution is 2.15. The van der Waals surface area contributed by atoms with Gasteiger partial charge in [0.1, 0.15) is 12.4 Å². The lowest BCUT2D eigenvalue weighted by molar-refractivity contribution is 0.0937. The molecule has 148 valence electrons. The van der Waals surface area contributed by atoms with Crippen molar-refractivity contribution in [3.05, 3.63) is 102 Å². The second-order valence-electron chi connectivity index (χ2n) is 7.48. The SMILES string of the molecule is O=C(N[C@@H]1CCN(Cc2ccccc2)C1)c1ccc(COc2ccccc2)cc1. The van der Waals surface area contributed by atoms with Gasteiger partial charge in [-0.15, -0.1) is 0 Å². The molecule has 3 aromatic rings. The van der Waals surface area contributed by atoms with Crippen molar-refractivity contribution in [3.63, 3.8) is 0 Å². The van der Waals surface area contributed by atoms with Crippen LogP contribution in [0.5, 0.6) is 5.75 Å². The third-order valence-electron chi connectivity index (χ3n) is 5.22. The Morgan fingerprint density at radius 2 is 1.59 bits per heavy atom. The fraction of sp³-hybridized carbons (Fsp3) is 0.240. The predicted molar refractivity (Wildman–Crippen MR) is 115 cm³/mol. The fourth-order valence-corrected chi connectivity index (χ4v) is 3.64. The van der Waals surface area contributed by atoms with Crippen LogP contribution in [0.3, 0.4) is 0 Å². The second-order valence-corrected chi connectivity index (χ2v) is 7.48. The van der Waals surface area contributed by atoms with Gasteiger partial charge in [0.2, 0.25) is 0 Å². The number of carbonyl (C=O) groups excluding carboxylic acids is 1. The van der Waals surface area contributed by atoms with Gasteiger partial charge in [-0.05, 0) is 41.8 Å². The van der Waals surface area contributed by atoms with Crippen LogP contribution in [-0.2, 0) is 13.2 Å². The monoisotopic (exact) mass is 386 g/mol. The van der Waals surface area contributed by atoms with E-state index in [-0.39, 0.29) is 11.9 Å². The van der Waals surface area contributed by atoms with E-state index in [4.69, 9.17) is 4.74 Å². The minimum Gasteiger partial charge on any atom is -0.489 e. The van der Waals surface area contributed by atoms with Crippen LogP contribution in [0.15, 0.2) is 84.9 Å². The number of ether oxygens (including phenoxy) is 1. The average Bonchev–Trinajstić information content (AvgIpc) is 3.20. The van der Waals surface area contributed by atoms with E-state index in [0.717, 1.165) is 37.4 Å². The standard InChI is InChI=1S/C25H26N2O2/c28-25(26-23-15-16-27(18-23)17-20-7-3-1-4-8-20)22-13-11-21(12-14-22)19-29-24-9-5-2-6-10-24/h1-14,23H,15-19H2,(H,26,28)/t23-/m1/s1. The molecule has 0 aliphatic carbocycles. The summed E-state index contributed by atoms with van der Waals surface area (Å²) in [5, 5.41) is 3.18. The molecule has 4 nitrogen and oxygen atoms in total. The van der Waals surface area contributed by atoms with Crippen molar-refractivity contribution in [1.29, 1.82) is 0 Å². The normalized spacial score (nSPS) is 16.5. The summed E-state index contributed by atoms with van der Waals surface area (Å²) in [6.07, 6.45) is 0.988. The Morgan fingerprint density at radius 1 is 0.897 bits per heavy atom. The van der Waals surface area contributed by atoms with Gasteiger partial charge in [0, 0.05) is 31.2 Å². The maximum absolute atomic E-state index is 12.6. The molecular formula is C25H26N2O2. The molecule has 0 aromatic heterocycles. The molecule has 1 saturated heterocycles. The Labute approximate surface area is 172 Å². The highest BCUT2D eigenvalue weighted by atomic mass is 16.5. The number of rotatable bonds is 7. The van der Waals surface area contributed by atoms with Crippen molar-refractivity contribution < 1.29 is 9.53 Å². The quantitative estimate of drug-likeness (QED) is 0.659. The van der Waals surface area contributed by atoms with Crippen LogP contribution in [0.4, 0.5) is 0 Å². The van der Waals surface area contributed by atoms with Gasteiger partial charge in [-0.3, -0.25) is 9.69 Å². The summed E-state index contributed by atoms with van der Waals surface area (Å²) in [5.74, 6) is 0.836. The molecule has 1 aliphatic heterocycles. The van der Waals surface area contributed by atoms with Crippen molar-refractivity contribution in [1.82, 2.24) is 10.2 Å². The maximum atomic E-state index is 12.6. The molecule has 1 heterocycles. The molecule has 4 rings (SSSR count). The minimum atomic E-state index is -0.00733.